The average molecular weight is 562 g/mol. The molecule has 0 radical (unpaired) electrons. The molecule has 0 bridgehead atoms. The molecule has 0 saturated heterocycles. The van der Waals surface area contributed by atoms with Gasteiger partial charge in [-0.05, 0) is 41.8 Å². The SMILES string of the molecule is [Pt+2].[c-]1c(-n2cccn2)cccc1C1(c2[c-]c(-n3cccn3)ccc2)CCCCC1. The van der Waals surface area contributed by atoms with Gasteiger partial charge >= 0.3 is 21.1 Å². The van der Waals surface area contributed by atoms with E-state index in [0.29, 0.717) is 0 Å². The van der Waals surface area contributed by atoms with Crippen LogP contribution in [0.3, 0.4) is 0 Å². The van der Waals surface area contributed by atoms with Crippen LogP contribution in [0.15, 0.2) is 73.3 Å². The van der Waals surface area contributed by atoms with Crippen LogP contribution >= 0.6 is 0 Å². The molecule has 1 aliphatic carbocycles. The molecule has 5 heteroatoms. The number of aromatic nitrogens is 4. The van der Waals surface area contributed by atoms with Gasteiger partial charge < -0.3 is 0 Å². The monoisotopic (exact) mass is 561 g/mol. The van der Waals surface area contributed by atoms with Crippen molar-refractivity contribution in [3.8, 4) is 11.4 Å². The fraction of sp³-hybridized carbons (Fsp3) is 0.250. The summed E-state index contributed by atoms with van der Waals surface area (Å²) in [6, 6.07) is 24.0. The van der Waals surface area contributed by atoms with Gasteiger partial charge in [0, 0.05) is 24.8 Å². The Morgan fingerprint density at radius 3 is 1.66 bits per heavy atom. The Morgan fingerprint density at radius 1 is 0.690 bits per heavy atom. The van der Waals surface area contributed by atoms with Crippen molar-refractivity contribution in [3.05, 3.63) is 96.6 Å². The maximum Gasteiger partial charge on any atom is 2.00 e. The summed E-state index contributed by atoms with van der Waals surface area (Å²) in [5.41, 5.74) is 4.36. The first kappa shape index (κ1) is 19.8. The summed E-state index contributed by atoms with van der Waals surface area (Å²) in [7, 11) is 0. The molecule has 1 saturated carbocycles. The zero-order valence-electron chi connectivity index (χ0n) is 16.1. The Morgan fingerprint density at radius 2 is 1.21 bits per heavy atom. The molecular formula is C24H22N4Pt. The van der Waals surface area contributed by atoms with Gasteiger partial charge in [-0.3, -0.25) is 9.36 Å². The first-order valence-corrected chi connectivity index (χ1v) is 9.91. The van der Waals surface area contributed by atoms with E-state index in [1.165, 1.54) is 30.4 Å². The Labute approximate surface area is 185 Å². The Hall–Kier alpha value is -2.45. The average Bonchev–Trinajstić information content (AvgIpc) is 3.49. The number of hydrogen-bond acceptors (Lipinski definition) is 2. The summed E-state index contributed by atoms with van der Waals surface area (Å²) in [5.74, 6) is 0. The minimum atomic E-state index is -0.0649. The third kappa shape index (κ3) is 3.74. The summed E-state index contributed by atoms with van der Waals surface area (Å²) < 4.78 is 3.76. The van der Waals surface area contributed by atoms with Crippen LogP contribution < -0.4 is 0 Å². The van der Waals surface area contributed by atoms with Gasteiger partial charge in [0.05, 0.1) is 0 Å². The molecule has 0 atom stereocenters. The summed E-state index contributed by atoms with van der Waals surface area (Å²) in [5, 5.41) is 8.76. The van der Waals surface area contributed by atoms with E-state index in [-0.39, 0.29) is 26.5 Å². The van der Waals surface area contributed by atoms with Crippen LogP contribution in [-0.4, -0.2) is 19.6 Å². The molecule has 2 heterocycles. The second kappa shape index (κ2) is 8.50. The minimum Gasteiger partial charge on any atom is -0.266 e. The fourth-order valence-corrected chi connectivity index (χ4v) is 4.40. The number of nitrogens with zero attached hydrogens (tertiary/aromatic N) is 4. The first-order chi connectivity index (χ1) is 13.9. The topological polar surface area (TPSA) is 35.6 Å². The standard InChI is InChI=1S/C24H22N4.Pt/c1-2-12-24(13-3-1,20-8-4-10-22(18-20)27-16-6-14-25-27)21-9-5-11-23(19-21)28-17-7-15-26-28;/h4-11,14-17H,1-3,12-13H2;/q-2;+2. The Balaban J connectivity index is 0.00000205. The van der Waals surface area contributed by atoms with Crippen molar-refractivity contribution in [1.82, 2.24) is 19.6 Å². The Bertz CT molecular complexity index is 968. The molecule has 5 rings (SSSR count). The third-order valence-corrected chi connectivity index (χ3v) is 5.80. The van der Waals surface area contributed by atoms with Gasteiger partial charge in [-0.15, -0.1) is 12.1 Å². The predicted octanol–water partition coefficient (Wildman–Crippen LogP) is 4.91. The van der Waals surface area contributed by atoms with Gasteiger partial charge in [-0.2, -0.15) is 57.7 Å². The molecule has 0 amide bonds. The zero-order chi connectivity index (χ0) is 18.8. The molecular weight excluding hydrogens is 539 g/mol. The van der Waals surface area contributed by atoms with E-state index in [2.05, 4.69) is 58.7 Å². The van der Waals surface area contributed by atoms with Gasteiger partial charge in [0.25, 0.3) is 0 Å². The van der Waals surface area contributed by atoms with Crippen LogP contribution in [0.4, 0.5) is 0 Å². The molecule has 0 N–H and O–H groups in total. The van der Waals surface area contributed by atoms with Crippen LogP contribution in [0.2, 0.25) is 0 Å². The van der Waals surface area contributed by atoms with E-state index in [1.807, 2.05) is 33.9 Å². The van der Waals surface area contributed by atoms with E-state index in [9.17, 15) is 0 Å². The van der Waals surface area contributed by atoms with Crippen LogP contribution in [0, 0.1) is 12.1 Å². The summed E-state index contributed by atoms with van der Waals surface area (Å²) >= 11 is 0. The van der Waals surface area contributed by atoms with Crippen molar-refractivity contribution in [3.63, 3.8) is 0 Å². The summed E-state index contributed by atoms with van der Waals surface area (Å²) in [6.45, 7) is 0. The predicted molar refractivity (Wildman–Crippen MR) is 109 cm³/mol. The van der Waals surface area contributed by atoms with Gasteiger partial charge in [0.1, 0.15) is 0 Å². The van der Waals surface area contributed by atoms with Gasteiger partial charge in [-0.25, -0.2) is 0 Å². The van der Waals surface area contributed by atoms with Crippen molar-refractivity contribution in [1.29, 1.82) is 0 Å². The summed E-state index contributed by atoms with van der Waals surface area (Å²) in [6.07, 6.45) is 13.5. The molecule has 1 fully saturated rings. The van der Waals surface area contributed by atoms with E-state index in [1.54, 1.807) is 12.4 Å². The van der Waals surface area contributed by atoms with Crippen molar-refractivity contribution in [2.45, 2.75) is 37.5 Å². The number of rotatable bonds is 4. The van der Waals surface area contributed by atoms with Crippen LogP contribution in [0.25, 0.3) is 11.4 Å². The van der Waals surface area contributed by atoms with Crippen molar-refractivity contribution < 1.29 is 21.1 Å². The van der Waals surface area contributed by atoms with Crippen LogP contribution in [-0.2, 0) is 26.5 Å². The fourth-order valence-electron chi connectivity index (χ4n) is 4.40. The molecule has 2 aromatic carbocycles. The second-order valence-corrected chi connectivity index (χ2v) is 7.44. The first-order valence-electron chi connectivity index (χ1n) is 9.91. The molecule has 4 nitrogen and oxygen atoms in total. The molecule has 0 aliphatic heterocycles. The number of hydrogen-bond donors (Lipinski definition) is 0. The molecule has 2 aromatic heterocycles. The maximum absolute atomic E-state index is 4.38. The quantitative estimate of drug-likeness (QED) is 0.332. The molecule has 0 unspecified atom stereocenters. The molecule has 29 heavy (non-hydrogen) atoms. The Kier molecular flexibility index (Phi) is 5.82. The molecule has 0 spiro atoms. The largest absolute Gasteiger partial charge is 2.00 e. The smallest absolute Gasteiger partial charge is 0.266 e. The van der Waals surface area contributed by atoms with Crippen molar-refractivity contribution in [2.24, 2.45) is 0 Å². The van der Waals surface area contributed by atoms with E-state index < -0.39 is 0 Å². The minimum absolute atomic E-state index is 0. The normalized spacial score (nSPS) is 15.6. The van der Waals surface area contributed by atoms with Gasteiger partial charge in [0.2, 0.25) is 0 Å². The number of benzene rings is 2. The van der Waals surface area contributed by atoms with Gasteiger partial charge in [-0.1, -0.05) is 19.3 Å². The van der Waals surface area contributed by atoms with Crippen molar-refractivity contribution in [2.75, 3.05) is 0 Å². The van der Waals surface area contributed by atoms with Crippen molar-refractivity contribution >= 4 is 0 Å². The second-order valence-electron chi connectivity index (χ2n) is 7.44. The van der Waals surface area contributed by atoms with Crippen LogP contribution in [0.1, 0.15) is 43.2 Å². The maximum atomic E-state index is 4.38. The van der Waals surface area contributed by atoms with E-state index in [4.69, 9.17) is 0 Å². The third-order valence-electron chi connectivity index (χ3n) is 5.80. The van der Waals surface area contributed by atoms with E-state index >= 15 is 0 Å². The van der Waals surface area contributed by atoms with Crippen LogP contribution in [0.5, 0.6) is 0 Å². The molecule has 148 valence electrons. The zero-order valence-corrected chi connectivity index (χ0v) is 18.3. The van der Waals surface area contributed by atoms with Gasteiger partial charge in [0.15, 0.2) is 0 Å². The molecule has 4 aromatic rings. The summed E-state index contributed by atoms with van der Waals surface area (Å²) in [4.78, 5) is 0. The molecule has 1 aliphatic rings. The van der Waals surface area contributed by atoms with E-state index in [0.717, 1.165) is 24.2 Å².